The summed E-state index contributed by atoms with van der Waals surface area (Å²) < 4.78 is 12.9. The van der Waals surface area contributed by atoms with Gasteiger partial charge in [-0.2, -0.15) is 0 Å². The second kappa shape index (κ2) is 5.39. The van der Waals surface area contributed by atoms with Gasteiger partial charge in [-0.15, -0.1) is 11.3 Å². The first-order chi connectivity index (χ1) is 8.47. The van der Waals surface area contributed by atoms with Crippen molar-refractivity contribution in [1.82, 2.24) is 0 Å². The lowest BCUT2D eigenvalue weighted by molar-refractivity contribution is 0.178. The molecule has 0 radical (unpaired) electrons. The highest BCUT2D eigenvalue weighted by atomic mass is 35.5. The summed E-state index contributed by atoms with van der Waals surface area (Å²) in [6, 6.07) is 6.24. The molecule has 4 heteroatoms. The maximum absolute atomic E-state index is 12.9. The van der Waals surface area contributed by atoms with E-state index in [1.165, 1.54) is 17.0 Å². The highest BCUT2D eigenvalue weighted by Crippen LogP contribution is 2.30. The molecule has 0 spiro atoms. The third kappa shape index (κ3) is 2.91. The zero-order chi connectivity index (χ0) is 13.3. The number of benzene rings is 1. The Morgan fingerprint density at radius 3 is 2.61 bits per heavy atom. The van der Waals surface area contributed by atoms with Crippen molar-refractivity contribution >= 4 is 22.9 Å². The Morgan fingerprint density at radius 1 is 1.33 bits per heavy atom. The highest BCUT2D eigenvalue weighted by molar-refractivity contribution is 7.12. The number of thiophene rings is 1. The van der Waals surface area contributed by atoms with Crippen molar-refractivity contribution in [3.05, 3.63) is 56.0 Å². The van der Waals surface area contributed by atoms with Crippen LogP contribution >= 0.6 is 22.9 Å². The first kappa shape index (κ1) is 13.5. The summed E-state index contributed by atoms with van der Waals surface area (Å²) in [5, 5.41) is 10.6. The van der Waals surface area contributed by atoms with E-state index in [0.717, 1.165) is 16.0 Å². The molecule has 18 heavy (non-hydrogen) atoms. The van der Waals surface area contributed by atoms with E-state index in [0.29, 0.717) is 11.4 Å². The lowest BCUT2D eigenvalue weighted by Crippen LogP contribution is -2.02. The van der Waals surface area contributed by atoms with Gasteiger partial charge in [0.25, 0.3) is 0 Å². The minimum absolute atomic E-state index is 0.360. The van der Waals surface area contributed by atoms with Crippen molar-refractivity contribution in [1.29, 1.82) is 0 Å². The number of hydrogen-bond acceptors (Lipinski definition) is 2. The van der Waals surface area contributed by atoms with Crippen LogP contribution in [0.1, 0.15) is 27.0 Å². The van der Waals surface area contributed by atoms with Crippen LogP contribution in [0, 0.1) is 19.7 Å². The standard InChI is InChI=1S/C14H14ClFOS/c1-8-5-12(9(2)18-8)14(17)6-10-3-4-11(16)7-13(10)15/h3-5,7,14,17H,6H2,1-2H3. The van der Waals surface area contributed by atoms with Crippen molar-refractivity contribution in [2.75, 3.05) is 0 Å². The van der Waals surface area contributed by atoms with Gasteiger partial charge in [0.15, 0.2) is 0 Å². The second-order valence-corrected chi connectivity index (χ2v) is 6.19. The fourth-order valence-corrected chi connectivity index (χ4v) is 3.21. The van der Waals surface area contributed by atoms with Crippen LogP contribution in [0.5, 0.6) is 0 Å². The van der Waals surface area contributed by atoms with Crippen LogP contribution < -0.4 is 0 Å². The minimum Gasteiger partial charge on any atom is -0.388 e. The number of aliphatic hydroxyl groups is 1. The molecule has 0 saturated heterocycles. The van der Waals surface area contributed by atoms with E-state index in [9.17, 15) is 9.50 Å². The maximum Gasteiger partial charge on any atom is 0.124 e. The average Bonchev–Trinajstić information content (AvgIpc) is 2.62. The van der Waals surface area contributed by atoms with E-state index in [1.807, 2.05) is 19.9 Å². The summed E-state index contributed by atoms with van der Waals surface area (Å²) in [6.07, 6.45) is -0.200. The van der Waals surface area contributed by atoms with Crippen LogP contribution in [-0.4, -0.2) is 5.11 Å². The molecular weight excluding hydrogens is 271 g/mol. The number of rotatable bonds is 3. The SMILES string of the molecule is Cc1cc(C(O)Cc2ccc(F)cc2Cl)c(C)s1. The molecule has 1 heterocycles. The summed E-state index contributed by atoms with van der Waals surface area (Å²) in [7, 11) is 0. The minimum atomic E-state index is -0.599. The molecule has 96 valence electrons. The highest BCUT2D eigenvalue weighted by Gasteiger charge is 2.15. The molecule has 2 rings (SSSR count). The Morgan fingerprint density at radius 2 is 2.06 bits per heavy atom. The van der Waals surface area contributed by atoms with Gasteiger partial charge >= 0.3 is 0 Å². The maximum atomic E-state index is 12.9. The second-order valence-electron chi connectivity index (χ2n) is 4.32. The van der Waals surface area contributed by atoms with Gasteiger partial charge in [-0.05, 0) is 43.2 Å². The Kier molecular flexibility index (Phi) is 4.05. The predicted octanol–water partition coefficient (Wildman–Crippen LogP) is 4.43. The van der Waals surface area contributed by atoms with Gasteiger partial charge in [0, 0.05) is 21.2 Å². The van der Waals surface area contributed by atoms with Crippen LogP contribution in [-0.2, 0) is 6.42 Å². The van der Waals surface area contributed by atoms with Crippen LogP contribution in [0.4, 0.5) is 4.39 Å². The number of aryl methyl sites for hydroxylation is 2. The lowest BCUT2D eigenvalue weighted by Gasteiger charge is -2.11. The third-order valence-corrected chi connectivity index (χ3v) is 4.20. The van der Waals surface area contributed by atoms with E-state index >= 15 is 0 Å². The van der Waals surface area contributed by atoms with Gasteiger partial charge in [0.1, 0.15) is 5.82 Å². The van der Waals surface area contributed by atoms with Crippen molar-refractivity contribution in [3.8, 4) is 0 Å². The molecular formula is C14H14ClFOS. The summed E-state index contributed by atoms with van der Waals surface area (Å²) >= 11 is 7.62. The van der Waals surface area contributed by atoms with E-state index in [1.54, 1.807) is 17.4 Å². The third-order valence-electron chi connectivity index (χ3n) is 2.87. The fourth-order valence-electron chi connectivity index (χ4n) is 1.99. The molecule has 0 saturated carbocycles. The van der Waals surface area contributed by atoms with Gasteiger partial charge in [-0.1, -0.05) is 17.7 Å². The first-order valence-electron chi connectivity index (χ1n) is 5.66. The predicted molar refractivity (Wildman–Crippen MR) is 73.9 cm³/mol. The number of aliphatic hydroxyl groups excluding tert-OH is 1. The van der Waals surface area contributed by atoms with Crippen molar-refractivity contribution in [2.24, 2.45) is 0 Å². The Balaban J connectivity index is 2.21. The first-order valence-corrected chi connectivity index (χ1v) is 6.85. The van der Waals surface area contributed by atoms with E-state index < -0.39 is 6.10 Å². The topological polar surface area (TPSA) is 20.2 Å². The van der Waals surface area contributed by atoms with E-state index in [-0.39, 0.29) is 5.82 Å². The van der Waals surface area contributed by atoms with E-state index in [4.69, 9.17) is 11.6 Å². The van der Waals surface area contributed by atoms with Gasteiger partial charge in [0.05, 0.1) is 6.10 Å². The normalized spacial score (nSPS) is 12.7. The van der Waals surface area contributed by atoms with Crippen LogP contribution in [0.15, 0.2) is 24.3 Å². The van der Waals surface area contributed by atoms with Crippen LogP contribution in [0.25, 0.3) is 0 Å². The molecule has 1 unspecified atom stereocenters. The van der Waals surface area contributed by atoms with Gasteiger partial charge in [-0.3, -0.25) is 0 Å². The molecule has 1 aromatic heterocycles. The monoisotopic (exact) mass is 284 g/mol. The molecule has 0 bridgehead atoms. The zero-order valence-corrected chi connectivity index (χ0v) is 11.8. The number of hydrogen-bond donors (Lipinski definition) is 1. The summed E-state index contributed by atoms with van der Waals surface area (Å²) in [6.45, 7) is 4.00. The molecule has 2 aromatic rings. The van der Waals surface area contributed by atoms with Crippen molar-refractivity contribution < 1.29 is 9.50 Å². The average molecular weight is 285 g/mol. The molecule has 0 aliphatic carbocycles. The summed E-state index contributed by atoms with van der Waals surface area (Å²) in [5.41, 5.74) is 1.69. The molecule has 0 fully saturated rings. The van der Waals surface area contributed by atoms with Gasteiger partial charge < -0.3 is 5.11 Å². The lowest BCUT2D eigenvalue weighted by atomic mass is 10.0. The Hall–Kier alpha value is -0.900. The molecule has 0 aliphatic rings. The molecule has 0 aliphatic heterocycles. The van der Waals surface area contributed by atoms with Crippen molar-refractivity contribution in [3.63, 3.8) is 0 Å². The van der Waals surface area contributed by atoms with Gasteiger partial charge in [-0.25, -0.2) is 4.39 Å². The van der Waals surface area contributed by atoms with E-state index in [2.05, 4.69) is 0 Å². The zero-order valence-electron chi connectivity index (χ0n) is 10.2. The van der Waals surface area contributed by atoms with Crippen molar-refractivity contribution in [2.45, 2.75) is 26.4 Å². The molecule has 1 N–H and O–H groups in total. The number of halogens is 2. The Labute approximate surface area is 115 Å². The largest absolute Gasteiger partial charge is 0.388 e. The molecule has 0 amide bonds. The smallest absolute Gasteiger partial charge is 0.124 e. The summed E-state index contributed by atoms with van der Waals surface area (Å²) in [5.74, 6) is -0.360. The van der Waals surface area contributed by atoms with Gasteiger partial charge in [0.2, 0.25) is 0 Å². The summed E-state index contributed by atoms with van der Waals surface area (Å²) in [4.78, 5) is 2.28. The van der Waals surface area contributed by atoms with Crippen LogP contribution in [0.3, 0.4) is 0 Å². The molecule has 1 nitrogen and oxygen atoms in total. The quantitative estimate of drug-likeness (QED) is 0.884. The molecule has 1 atom stereocenters. The van der Waals surface area contributed by atoms with Crippen LogP contribution in [0.2, 0.25) is 5.02 Å². The Bertz CT molecular complexity index is 565. The molecule has 1 aromatic carbocycles. The fraction of sp³-hybridized carbons (Fsp3) is 0.286.